The van der Waals surface area contributed by atoms with Crippen LogP contribution < -0.4 is 5.32 Å². The highest BCUT2D eigenvalue weighted by Gasteiger charge is 2.22. The average Bonchev–Trinajstić information content (AvgIpc) is 2.75. The first-order valence-electron chi connectivity index (χ1n) is 5.39. The molecular weight excluding hydrogens is 236 g/mol. The Hall–Kier alpha value is -1.48. The molecule has 1 aromatic heterocycles. The number of hydrogen-bond donors (Lipinski definition) is 1. The number of hydrogen-bond acceptors (Lipinski definition) is 5. The van der Waals surface area contributed by atoms with Crippen LogP contribution in [0.3, 0.4) is 0 Å². The van der Waals surface area contributed by atoms with Crippen molar-refractivity contribution in [2.75, 3.05) is 6.54 Å². The fourth-order valence-electron chi connectivity index (χ4n) is 1.15. The van der Waals surface area contributed by atoms with Crippen LogP contribution in [0.4, 0.5) is 0 Å². The minimum Gasteiger partial charge on any atom is -0.350 e. The number of rotatable bonds is 4. The minimum absolute atomic E-state index is 0.165. The van der Waals surface area contributed by atoms with Crippen LogP contribution in [0.1, 0.15) is 49.0 Å². The van der Waals surface area contributed by atoms with Gasteiger partial charge in [-0.2, -0.15) is 5.26 Å². The molecule has 1 aromatic rings. The molecule has 0 aliphatic rings. The van der Waals surface area contributed by atoms with E-state index < -0.39 is 5.41 Å². The molecule has 0 aliphatic heterocycles. The topological polar surface area (TPSA) is 78.7 Å². The third-order valence-electron chi connectivity index (χ3n) is 2.26. The van der Waals surface area contributed by atoms with Crippen LogP contribution in [-0.4, -0.2) is 22.0 Å². The minimum atomic E-state index is -0.564. The molecule has 0 aromatic carbocycles. The third-order valence-corrected chi connectivity index (χ3v) is 3.00. The quantitative estimate of drug-likeness (QED) is 0.888. The number of amides is 1. The van der Waals surface area contributed by atoms with E-state index in [0.29, 0.717) is 17.1 Å². The molecule has 6 heteroatoms. The SMILES string of the molecule is CC(C)c1nnsc1C(=O)NCC(C)(C)C#N. The van der Waals surface area contributed by atoms with Gasteiger partial charge in [0.05, 0.1) is 17.2 Å². The molecule has 5 nitrogen and oxygen atoms in total. The van der Waals surface area contributed by atoms with E-state index in [0.717, 1.165) is 11.5 Å². The van der Waals surface area contributed by atoms with Crippen LogP contribution in [0.15, 0.2) is 0 Å². The van der Waals surface area contributed by atoms with Crippen molar-refractivity contribution in [3.05, 3.63) is 10.6 Å². The van der Waals surface area contributed by atoms with E-state index in [-0.39, 0.29) is 11.8 Å². The molecule has 0 unspecified atom stereocenters. The molecule has 17 heavy (non-hydrogen) atoms. The summed E-state index contributed by atoms with van der Waals surface area (Å²) in [6.07, 6.45) is 0. The van der Waals surface area contributed by atoms with Crippen molar-refractivity contribution in [1.29, 1.82) is 5.26 Å². The van der Waals surface area contributed by atoms with Gasteiger partial charge < -0.3 is 5.32 Å². The van der Waals surface area contributed by atoms with Gasteiger partial charge in [-0.1, -0.05) is 18.3 Å². The zero-order valence-corrected chi connectivity index (χ0v) is 11.3. The van der Waals surface area contributed by atoms with Crippen LogP contribution in [0.25, 0.3) is 0 Å². The number of aromatic nitrogens is 2. The maximum Gasteiger partial charge on any atom is 0.265 e. The summed E-state index contributed by atoms with van der Waals surface area (Å²) < 4.78 is 3.79. The Kier molecular flexibility index (Phi) is 4.18. The zero-order chi connectivity index (χ0) is 13.1. The van der Waals surface area contributed by atoms with E-state index in [1.165, 1.54) is 0 Å². The standard InChI is InChI=1S/C11H16N4OS/c1-7(2)8-9(17-15-14-8)10(16)13-6-11(3,4)5-12/h7H,6H2,1-4H3,(H,13,16). The number of carbonyl (C=O) groups excluding carboxylic acids is 1. The van der Waals surface area contributed by atoms with Crippen LogP contribution in [0.2, 0.25) is 0 Å². The molecule has 0 radical (unpaired) electrons. The maximum atomic E-state index is 11.9. The Morgan fingerprint density at radius 3 is 2.76 bits per heavy atom. The first-order valence-corrected chi connectivity index (χ1v) is 6.16. The van der Waals surface area contributed by atoms with Crippen molar-refractivity contribution in [2.45, 2.75) is 33.6 Å². The lowest BCUT2D eigenvalue weighted by Gasteiger charge is -2.15. The van der Waals surface area contributed by atoms with Crippen molar-refractivity contribution >= 4 is 17.4 Å². The molecule has 0 aliphatic carbocycles. The summed E-state index contributed by atoms with van der Waals surface area (Å²) in [6, 6.07) is 2.14. The van der Waals surface area contributed by atoms with Crippen LogP contribution >= 0.6 is 11.5 Å². The molecule has 0 saturated heterocycles. The Bertz CT molecular complexity index is 445. The highest BCUT2D eigenvalue weighted by molar-refractivity contribution is 7.08. The maximum absolute atomic E-state index is 11.9. The number of carbonyl (C=O) groups is 1. The summed E-state index contributed by atoms with van der Waals surface area (Å²) in [5.74, 6) is -0.0366. The normalized spacial score (nSPS) is 11.3. The second-order valence-electron chi connectivity index (χ2n) is 4.82. The Labute approximate surface area is 105 Å². The first-order chi connectivity index (χ1) is 7.87. The molecule has 92 valence electrons. The smallest absolute Gasteiger partial charge is 0.265 e. The number of nitriles is 1. The largest absolute Gasteiger partial charge is 0.350 e. The van der Waals surface area contributed by atoms with Crippen LogP contribution in [-0.2, 0) is 0 Å². The van der Waals surface area contributed by atoms with Crippen molar-refractivity contribution in [2.24, 2.45) is 5.41 Å². The van der Waals surface area contributed by atoms with Gasteiger partial charge in [-0.25, -0.2) is 0 Å². The fourth-order valence-corrected chi connectivity index (χ4v) is 1.89. The summed E-state index contributed by atoms with van der Waals surface area (Å²) in [7, 11) is 0. The van der Waals surface area contributed by atoms with Gasteiger partial charge in [0.1, 0.15) is 4.88 Å². The Balaban J connectivity index is 2.72. The monoisotopic (exact) mass is 252 g/mol. The van der Waals surface area contributed by atoms with Crippen molar-refractivity contribution in [1.82, 2.24) is 14.9 Å². The van der Waals surface area contributed by atoms with Gasteiger partial charge in [0.15, 0.2) is 0 Å². The lowest BCUT2D eigenvalue weighted by molar-refractivity contribution is 0.0946. The lowest BCUT2D eigenvalue weighted by atomic mass is 9.96. The van der Waals surface area contributed by atoms with Crippen molar-refractivity contribution in [3.8, 4) is 6.07 Å². The van der Waals surface area contributed by atoms with Crippen LogP contribution in [0.5, 0.6) is 0 Å². The van der Waals surface area contributed by atoms with Gasteiger partial charge >= 0.3 is 0 Å². The number of nitrogens with one attached hydrogen (secondary N) is 1. The molecule has 1 rings (SSSR count). The van der Waals surface area contributed by atoms with Crippen molar-refractivity contribution in [3.63, 3.8) is 0 Å². The van der Waals surface area contributed by atoms with Gasteiger partial charge in [-0.05, 0) is 31.3 Å². The summed E-state index contributed by atoms with van der Waals surface area (Å²) >= 11 is 1.09. The summed E-state index contributed by atoms with van der Waals surface area (Å²) in [5.41, 5.74) is 0.147. The highest BCUT2D eigenvalue weighted by Crippen LogP contribution is 2.20. The predicted molar refractivity (Wildman–Crippen MR) is 65.7 cm³/mol. The zero-order valence-electron chi connectivity index (χ0n) is 10.4. The summed E-state index contributed by atoms with van der Waals surface area (Å²) in [5, 5.41) is 15.5. The second kappa shape index (κ2) is 5.23. The predicted octanol–water partition coefficient (Wildman–Crippen LogP) is 1.94. The summed E-state index contributed by atoms with van der Waals surface area (Å²) in [4.78, 5) is 12.4. The fraction of sp³-hybridized carbons (Fsp3) is 0.636. The van der Waals surface area contributed by atoms with Gasteiger partial charge in [0.25, 0.3) is 5.91 Å². The molecule has 1 heterocycles. The van der Waals surface area contributed by atoms with E-state index >= 15 is 0 Å². The molecular formula is C11H16N4OS. The van der Waals surface area contributed by atoms with Crippen LogP contribution in [0, 0.1) is 16.7 Å². The summed E-state index contributed by atoms with van der Waals surface area (Å²) in [6.45, 7) is 7.81. The molecule has 0 spiro atoms. The molecule has 0 fully saturated rings. The van der Waals surface area contributed by atoms with E-state index in [9.17, 15) is 4.79 Å². The highest BCUT2D eigenvalue weighted by atomic mass is 32.1. The van der Waals surface area contributed by atoms with E-state index in [1.807, 2.05) is 13.8 Å². The van der Waals surface area contributed by atoms with E-state index in [4.69, 9.17) is 5.26 Å². The molecule has 1 amide bonds. The third kappa shape index (κ3) is 3.49. The van der Waals surface area contributed by atoms with Gasteiger partial charge in [0, 0.05) is 6.54 Å². The van der Waals surface area contributed by atoms with Gasteiger partial charge in [-0.15, -0.1) is 5.10 Å². The van der Waals surface area contributed by atoms with E-state index in [1.54, 1.807) is 13.8 Å². The first kappa shape index (κ1) is 13.6. The van der Waals surface area contributed by atoms with Crippen molar-refractivity contribution < 1.29 is 4.79 Å². The molecule has 0 atom stereocenters. The molecule has 1 N–H and O–H groups in total. The second-order valence-corrected chi connectivity index (χ2v) is 5.57. The molecule has 0 bridgehead atoms. The Morgan fingerprint density at radius 2 is 2.24 bits per heavy atom. The van der Waals surface area contributed by atoms with E-state index in [2.05, 4.69) is 21.0 Å². The lowest BCUT2D eigenvalue weighted by Crippen LogP contribution is -2.33. The van der Waals surface area contributed by atoms with Gasteiger partial charge in [-0.3, -0.25) is 4.79 Å². The average molecular weight is 252 g/mol. The molecule has 0 saturated carbocycles. The van der Waals surface area contributed by atoms with Gasteiger partial charge in [0.2, 0.25) is 0 Å². The number of nitrogens with zero attached hydrogens (tertiary/aromatic N) is 3. The Morgan fingerprint density at radius 1 is 1.59 bits per heavy atom.